The number of hydrogen-bond acceptors (Lipinski definition) is 5. The van der Waals surface area contributed by atoms with E-state index in [1.54, 1.807) is 0 Å². The number of ether oxygens (including phenoxy) is 1. The quantitative estimate of drug-likeness (QED) is 0.724. The molecule has 94 valence electrons. The van der Waals surface area contributed by atoms with Crippen molar-refractivity contribution in [3.05, 3.63) is 0 Å². The molecule has 0 amide bonds. The van der Waals surface area contributed by atoms with Gasteiger partial charge >= 0.3 is 5.97 Å². The van der Waals surface area contributed by atoms with Gasteiger partial charge < -0.3 is 10.1 Å². The maximum Gasteiger partial charge on any atom is 0.322 e. The number of nitrogens with one attached hydrogen (secondary N) is 1. The van der Waals surface area contributed by atoms with Gasteiger partial charge in [-0.15, -0.1) is 12.4 Å². The van der Waals surface area contributed by atoms with E-state index >= 15 is 0 Å². The van der Waals surface area contributed by atoms with Crippen LogP contribution in [0.4, 0.5) is 0 Å². The standard InChI is InChI=1S/C9H15NO4S.ClH/c1-14-9(11)8-4-7(5-10-8)15(12,13)6-2-3-6;/h6-8,10H,2-5H2,1H3;1H/t7-,8+;/m1./s1. The van der Waals surface area contributed by atoms with Gasteiger partial charge in [-0.2, -0.15) is 0 Å². The summed E-state index contributed by atoms with van der Waals surface area (Å²) in [5.74, 6) is -0.372. The van der Waals surface area contributed by atoms with Gasteiger partial charge in [0.1, 0.15) is 6.04 Å². The zero-order valence-corrected chi connectivity index (χ0v) is 10.6. The largest absolute Gasteiger partial charge is 0.468 e. The molecule has 0 bridgehead atoms. The van der Waals surface area contributed by atoms with E-state index in [2.05, 4.69) is 10.1 Å². The Morgan fingerprint density at radius 2 is 1.94 bits per heavy atom. The van der Waals surface area contributed by atoms with Crippen molar-refractivity contribution in [2.75, 3.05) is 13.7 Å². The third-order valence-corrected chi connectivity index (χ3v) is 5.72. The van der Waals surface area contributed by atoms with Gasteiger partial charge in [-0.05, 0) is 19.3 Å². The summed E-state index contributed by atoms with van der Waals surface area (Å²) in [7, 11) is -1.70. The van der Waals surface area contributed by atoms with Crippen molar-refractivity contribution in [3.8, 4) is 0 Å². The van der Waals surface area contributed by atoms with Gasteiger partial charge in [0, 0.05) is 6.54 Å². The van der Waals surface area contributed by atoms with E-state index in [1.807, 2.05) is 0 Å². The molecule has 0 aromatic carbocycles. The Hall–Kier alpha value is -0.330. The minimum Gasteiger partial charge on any atom is -0.468 e. The molecule has 1 aliphatic heterocycles. The summed E-state index contributed by atoms with van der Waals surface area (Å²) >= 11 is 0. The summed E-state index contributed by atoms with van der Waals surface area (Å²) in [5, 5.41) is 2.33. The Morgan fingerprint density at radius 3 is 2.44 bits per heavy atom. The number of carbonyl (C=O) groups excluding carboxylic acids is 1. The van der Waals surface area contributed by atoms with E-state index in [1.165, 1.54) is 7.11 Å². The van der Waals surface area contributed by atoms with E-state index in [-0.39, 0.29) is 23.6 Å². The summed E-state index contributed by atoms with van der Waals surface area (Å²) in [6.45, 7) is 0.374. The van der Waals surface area contributed by atoms with Crippen molar-refractivity contribution in [1.29, 1.82) is 0 Å². The van der Waals surface area contributed by atoms with Crippen LogP contribution in [0, 0.1) is 0 Å². The van der Waals surface area contributed by atoms with Gasteiger partial charge in [0.2, 0.25) is 0 Å². The molecule has 1 saturated carbocycles. The third kappa shape index (κ3) is 2.49. The molecule has 0 unspecified atom stereocenters. The van der Waals surface area contributed by atoms with Crippen LogP contribution in [-0.2, 0) is 19.4 Å². The molecule has 2 aliphatic rings. The average molecular weight is 270 g/mol. The Balaban J connectivity index is 0.00000128. The summed E-state index contributed by atoms with van der Waals surface area (Å²) < 4.78 is 28.3. The summed E-state index contributed by atoms with van der Waals surface area (Å²) in [4.78, 5) is 11.2. The Bertz CT molecular complexity index is 366. The van der Waals surface area contributed by atoms with Gasteiger partial charge in [0.25, 0.3) is 0 Å². The number of esters is 1. The van der Waals surface area contributed by atoms with Crippen LogP contribution in [0.25, 0.3) is 0 Å². The summed E-state index contributed by atoms with van der Waals surface area (Å²) in [6, 6.07) is -0.450. The van der Waals surface area contributed by atoms with Gasteiger partial charge in [-0.25, -0.2) is 8.42 Å². The van der Waals surface area contributed by atoms with Crippen LogP contribution >= 0.6 is 12.4 Å². The lowest BCUT2D eigenvalue weighted by molar-refractivity contribution is -0.142. The second-order valence-electron chi connectivity index (χ2n) is 4.13. The van der Waals surface area contributed by atoms with Crippen molar-refractivity contribution in [2.24, 2.45) is 0 Å². The van der Waals surface area contributed by atoms with Gasteiger partial charge in [0.15, 0.2) is 9.84 Å². The second-order valence-corrected chi connectivity index (χ2v) is 6.64. The molecule has 2 rings (SSSR count). The first-order valence-electron chi connectivity index (χ1n) is 5.09. The summed E-state index contributed by atoms with van der Waals surface area (Å²) in [6.07, 6.45) is 1.91. The van der Waals surface area contributed by atoms with Crippen molar-refractivity contribution >= 4 is 28.2 Å². The number of carbonyl (C=O) groups is 1. The number of methoxy groups -OCH3 is 1. The van der Waals surface area contributed by atoms with Gasteiger partial charge in [-0.1, -0.05) is 0 Å². The van der Waals surface area contributed by atoms with Crippen LogP contribution in [0.2, 0.25) is 0 Å². The minimum absolute atomic E-state index is 0. The first-order valence-corrected chi connectivity index (χ1v) is 6.70. The molecule has 1 N–H and O–H groups in total. The molecule has 1 heterocycles. The highest BCUT2D eigenvalue weighted by atomic mass is 35.5. The molecule has 0 aromatic rings. The zero-order valence-electron chi connectivity index (χ0n) is 9.01. The van der Waals surface area contributed by atoms with Crippen LogP contribution < -0.4 is 5.32 Å². The van der Waals surface area contributed by atoms with Crippen LogP contribution in [-0.4, -0.2) is 44.6 Å². The smallest absolute Gasteiger partial charge is 0.322 e. The van der Waals surface area contributed by atoms with E-state index in [0.717, 1.165) is 12.8 Å². The number of halogens is 1. The third-order valence-electron chi connectivity index (χ3n) is 3.03. The molecule has 0 spiro atoms. The van der Waals surface area contributed by atoms with Crippen molar-refractivity contribution < 1.29 is 17.9 Å². The molecule has 5 nitrogen and oxygen atoms in total. The molecule has 2 atom stereocenters. The molecule has 16 heavy (non-hydrogen) atoms. The average Bonchev–Trinajstić information content (AvgIpc) is 2.95. The maximum atomic E-state index is 11.9. The highest BCUT2D eigenvalue weighted by Gasteiger charge is 2.45. The molecule has 7 heteroatoms. The van der Waals surface area contributed by atoms with E-state index in [9.17, 15) is 13.2 Å². The number of hydrogen-bond donors (Lipinski definition) is 1. The zero-order chi connectivity index (χ0) is 11.1. The second kappa shape index (κ2) is 4.89. The molecular formula is C9H16ClNO4S. The molecule has 0 radical (unpaired) electrons. The minimum atomic E-state index is -3.01. The predicted octanol–water partition coefficient (Wildman–Crippen LogP) is -0.111. The number of sulfone groups is 1. The normalized spacial score (nSPS) is 29.6. The Labute approximate surface area is 101 Å². The molecule has 1 aliphatic carbocycles. The molecule has 0 aromatic heterocycles. The van der Waals surface area contributed by atoms with E-state index < -0.39 is 21.1 Å². The topological polar surface area (TPSA) is 72.5 Å². The monoisotopic (exact) mass is 269 g/mol. The van der Waals surface area contributed by atoms with Crippen molar-refractivity contribution in [2.45, 2.75) is 35.8 Å². The van der Waals surface area contributed by atoms with Gasteiger partial charge in [-0.3, -0.25) is 4.79 Å². The van der Waals surface area contributed by atoms with Crippen LogP contribution in [0.3, 0.4) is 0 Å². The fourth-order valence-electron chi connectivity index (χ4n) is 1.94. The Morgan fingerprint density at radius 1 is 1.31 bits per heavy atom. The predicted molar refractivity (Wildman–Crippen MR) is 61.4 cm³/mol. The van der Waals surface area contributed by atoms with Crippen LogP contribution in [0.15, 0.2) is 0 Å². The van der Waals surface area contributed by atoms with Crippen LogP contribution in [0.1, 0.15) is 19.3 Å². The van der Waals surface area contributed by atoms with Gasteiger partial charge in [0.05, 0.1) is 17.6 Å². The molecule has 1 saturated heterocycles. The number of rotatable bonds is 3. The fourth-order valence-corrected chi connectivity index (χ4v) is 4.07. The van der Waals surface area contributed by atoms with Crippen molar-refractivity contribution in [1.82, 2.24) is 5.32 Å². The van der Waals surface area contributed by atoms with Crippen molar-refractivity contribution in [3.63, 3.8) is 0 Å². The highest BCUT2D eigenvalue weighted by Crippen LogP contribution is 2.33. The maximum absolute atomic E-state index is 11.9. The first-order chi connectivity index (χ1) is 7.05. The van der Waals surface area contributed by atoms with E-state index in [4.69, 9.17) is 0 Å². The first kappa shape index (κ1) is 13.7. The lowest BCUT2D eigenvalue weighted by Gasteiger charge is -2.09. The Kier molecular flexibility index (Phi) is 4.20. The van der Waals surface area contributed by atoms with E-state index in [0.29, 0.717) is 13.0 Å². The summed E-state index contributed by atoms with van der Waals surface area (Å²) in [5.41, 5.74) is 0. The fraction of sp³-hybridized carbons (Fsp3) is 0.889. The SMILES string of the molecule is COC(=O)[C@@H]1C[C@@H](S(=O)(=O)C2CC2)CN1.Cl. The molecular weight excluding hydrogens is 254 g/mol. The lowest BCUT2D eigenvalue weighted by Crippen LogP contribution is -2.31. The molecule has 2 fully saturated rings. The highest BCUT2D eigenvalue weighted by molar-refractivity contribution is 7.93. The lowest BCUT2D eigenvalue weighted by atomic mass is 10.2. The van der Waals surface area contributed by atoms with Crippen LogP contribution in [0.5, 0.6) is 0 Å².